The Labute approximate surface area is 164 Å². The molecule has 2 aliphatic rings. The topological polar surface area (TPSA) is 66.0 Å². The molecular weight excluding hydrogens is 356 g/mol. The highest BCUT2D eigenvalue weighted by Crippen LogP contribution is 2.20. The molecule has 2 amide bonds. The van der Waals surface area contributed by atoms with Crippen LogP contribution in [0.5, 0.6) is 5.75 Å². The van der Waals surface area contributed by atoms with Crippen molar-refractivity contribution in [2.45, 2.75) is 12.8 Å². The molecule has 148 valence electrons. The highest BCUT2D eigenvalue weighted by atomic mass is 16.5. The van der Waals surface area contributed by atoms with E-state index >= 15 is 0 Å². The number of hydrogen-bond acceptors (Lipinski definition) is 5. The summed E-state index contributed by atoms with van der Waals surface area (Å²) < 4.78 is 5.23. The molecule has 2 aromatic rings. The summed E-state index contributed by atoms with van der Waals surface area (Å²) in [6.07, 6.45) is 2.22. The Kier molecular flexibility index (Phi) is 5.43. The highest BCUT2D eigenvalue weighted by molar-refractivity contribution is 5.95. The number of piperazine rings is 1. The van der Waals surface area contributed by atoms with E-state index in [0.29, 0.717) is 25.3 Å². The number of amides is 2. The molecule has 0 unspecified atom stereocenters. The molecule has 0 spiro atoms. The van der Waals surface area contributed by atoms with Crippen molar-refractivity contribution in [2.24, 2.45) is 0 Å². The third kappa shape index (κ3) is 3.94. The van der Waals surface area contributed by atoms with Gasteiger partial charge in [0.05, 0.1) is 19.2 Å². The predicted octanol–water partition coefficient (Wildman–Crippen LogP) is 1.62. The van der Waals surface area contributed by atoms with Gasteiger partial charge in [-0.3, -0.25) is 14.5 Å². The van der Waals surface area contributed by atoms with Gasteiger partial charge >= 0.3 is 0 Å². The van der Waals surface area contributed by atoms with Gasteiger partial charge in [-0.15, -0.1) is 0 Å². The summed E-state index contributed by atoms with van der Waals surface area (Å²) in [5.41, 5.74) is 1.24. The normalized spacial score (nSPS) is 17.9. The van der Waals surface area contributed by atoms with Crippen LogP contribution in [-0.2, 0) is 4.79 Å². The molecule has 1 aromatic carbocycles. The smallest absolute Gasteiger partial charge is 0.272 e. The van der Waals surface area contributed by atoms with Gasteiger partial charge in [0.2, 0.25) is 5.91 Å². The summed E-state index contributed by atoms with van der Waals surface area (Å²) in [7, 11) is 1.63. The molecule has 0 bridgehead atoms. The van der Waals surface area contributed by atoms with E-state index in [1.54, 1.807) is 13.2 Å². The molecular formula is C21H26N4O3. The maximum absolute atomic E-state index is 12.8. The Morgan fingerprint density at radius 1 is 0.964 bits per heavy atom. The Balaban J connectivity index is 1.35. The standard InChI is InChI=1S/C21H26N4O3/c1-28-17-5-7-18-16(14-17)4-6-19(22-18)21(27)25-12-10-23(11-13-25)15-20(26)24-8-2-3-9-24/h4-7,14H,2-3,8-13,15H2,1H3. The maximum atomic E-state index is 12.8. The van der Waals surface area contributed by atoms with Gasteiger partial charge in [-0.1, -0.05) is 6.07 Å². The molecule has 28 heavy (non-hydrogen) atoms. The van der Waals surface area contributed by atoms with Crippen LogP contribution >= 0.6 is 0 Å². The van der Waals surface area contributed by atoms with Gasteiger partial charge < -0.3 is 14.5 Å². The maximum Gasteiger partial charge on any atom is 0.272 e. The number of benzene rings is 1. The number of methoxy groups -OCH3 is 1. The van der Waals surface area contributed by atoms with Crippen LogP contribution in [0.4, 0.5) is 0 Å². The van der Waals surface area contributed by atoms with Crippen molar-refractivity contribution in [1.82, 2.24) is 19.7 Å². The minimum Gasteiger partial charge on any atom is -0.497 e. The second-order valence-corrected chi connectivity index (χ2v) is 7.41. The minimum atomic E-state index is -0.0526. The first-order chi connectivity index (χ1) is 13.6. The average molecular weight is 382 g/mol. The van der Waals surface area contributed by atoms with Crippen molar-refractivity contribution < 1.29 is 14.3 Å². The first-order valence-electron chi connectivity index (χ1n) is 9.88. The van der Waals surface area contributed by atoms with Crippen molar-refractivity contribution >= 4 is 22.7 Å². The van der Waals surface area contributed by atoms with E-state index in [1.807, 2.05) is 34.1 Å². The van der Waals surface area contributed by atoms with Gasteiger partial charge in [0, 0.05) is 44.7 Å². The number of ether oxygens (including phenoxy) is 1. The second kappa shape index (κ2) is 8.14. The molecule has 3 heterocycles. The number of aromatic nitrogens is 1. The Morgan fingerprint density at radius 2 is 1.71 bits per heavy atom. The summed E-state index contributed by atoms with van der Waals surface area (Å²) in [5.74, 6) is 0.931. The molecule has 0 aliphatic carbocycles. The van der Waals surface area contributed by atoms with Crippen LogP contribution in [0, 0.1) is 0 Å². The summed E-state index contributed by atoms with van der Waals surface area (Å²) in [4.78, 5) is 35.6. The van der Waals surface area contributed by atoms with Crippen LogP contribution < -0.4 is 4.74 Å². The van der Waals surface area contributed by atoms with Gasteiger partial charge in [-0.05, 0) is 37.1 Å². The van der Waals surface area contributed by atoms with E-state index < -0.39 is 0 Å². The van der Waals surface area contributed by atoms with Crippen LogP contribution in [-0.4, -0.2) is 84.4 Å². The quantitative estimate of drug-likeness (QED) is 0.804. The van der Waals surface area contributed by atoms with Crippen molar-refractivity contribution in [3.05, 3.63) is 36.0 Å². The lowest BCUT2D eigenvalue weighted by molar-refractivity contribution is -0.131. The summed E-state index contributed by atoms with van der Waals surface area (Å²) >= 11 is 0. The molecule has 0 atom stereocenters. The molecule has 1 aromatic heterocycles. The summed E-state index contributed by atoms with van der Waals surface area (Å²) in [6.45, 7) is 4.90. The molecule has 2 fully saturated rings. The minimum absolute atomic E-state index is 0.0526. The van der Waals surface area contributed by atoms with E-state index in [-0.39, 0.29) is 11.8 Å². The first-order valence-corrected chi connectivity index (χ1v) is 9.88. The fraction of sp³-hybridized carbons (Fsp3) is 0.476. The Hall–Kier alpha value is -2.67. The van der Waals surface area contributed by atoms with Crippen LogP contribution in [0.15, 0.2) is 30.3 Å². The fourth-order valence-electron chi connectivity index (χ4n) is 3.88. The van der Waals surface area contributed by atoms with Gasteiger partial charge in [0.15, 0.2) is 0 Å². The fourth-order valence-corrected chi connectivity index (χ4v) is 3.88. The van der Waals surface area contributed by atoms with Crippen molar-refractivity contribution in [3.63, 3.8) is 0 Å². The molecule has 2 saturated heterocycles. The van der Waals surface area contributed by atoms with Gasteiger partial charge in [0.1, 0.15) is 11.4 Å². The number of nitrogens with zero attached hydrogens (tertiary/aromatic N) is 4. The molecule has 7 nitrogen and oxygen atoms in total. The lowest BCUT2D eigenvalue weighted by Gasteiger charge is -2.34. The number of rotatable bonds is 4. The zero-order valence-corrected chi connectivity index (χ0v) is 16.3. The van der Waals surface area contributed by atoms with Gasteiger partial charge in [-0.2, -0.15) is 0 Å². The number of likely N-dealkylation sites (tertiary alicyclic amines) is 1. The lowest BCUT2D eigenvalue weighted by atomic mass is 10.1. The van der Waals surface area contributed by atoms with E-state index in [9.17, 15) is 9.59 Å². The van der Waals surface area contributed by atoms with Crippen LogP contribution in [0.25, 0.3) is 10.9 Å². The van der Waals surface area contributed by atoms with Crippen molar-refractivity contribution in [2.75, 3.05) is 52.9 Å². The van der Waals surface area contributed by atoms with Crippen molar-refractivity contribution in [1.29, 1.82) is 0 Å². The molecule has 0 radical (unpaired) electrons. The van der Waals surface area contributed by atoms with E-state index in [0.717, 1.165) is 55.7 Å². The summed E-state index contributed by atoms with van der Waals surface area (Å²) in [5, 5.41) is 0.946. The van der Waals surface area contributed by atoms with Crippen LogP contribution in [0.3, 0.4) is 0 Å². The Morgan fingerprint density at radius 3 is 2.43 bits per heavy atom. The summed E-state index contributed by atoms with van der Waals surface area (Å²) in [6, 6.07) is 9.30. The zero-order valence-electron chi connectivity index (χ0n) is 16.3. The van der Waals surface area contributed by atoms with E-state index in [2.05, 4.69) is 9.88 Å². The van der Waals surface area contributed by atoms with E-state index in [4.69, 9.17) is 4.74 Å². The van der Waals surface area contributed by atoms with Crippen LogP contribution in [0.1, 0.15) is 23.3 Å². The number of fused-ring (bicyclic) bond motifs is 1. The highest BCUT2D eigenvalue weighted by Gasteiger charge is 2.26. The largest absolute Gasteiger partial charge is 0.497 e. The SMILES string of the molecule is COc1ccc2nc(C(=O)N3CCN(CC(=O)N4CCCC4)CC3)ccc2c1. The molecule has 4 rings (SSSR count). The average Bonchev–Trinajstić information content (AvgIpc) is 3.28. The number of carbonyl (C=O) groups is 2. The van der Waals surface area contributed by atoms with E-state index in [1.165, 1.54) is 0 Å². The molecule has 2 aliphatic heterocycles. The molecule has 0 saturated carbocycles. The lowest BCUT2D eigenvalue weighted by Crippen LogP contribution is -2.51. The first kappa shape index (κ1) is 18.7. The predicted molar refractivity (Wildman–Crippen MR) is 106 cm³/mol. The number of hydrogen-bond donors (Lipinski definition) is 0. The molecule has 0 N–H and O–H groups in total. The van der Waals surface area contributed by atoms with Crippen LogP contribution in [0.2, 0.25) is 0 Å². The van der Waals surface area contributed by atoms with Crippen molar-refractivity contribution in [3.8, 4) is 5.75 Å². The third-order valence-electron chi connectivity index (χ3n) is 5.59. The third-order valence-corrected chi connectivity index (χ3v) is 5.59. The zero-order chi connectivity index (χ0) is 19.5. The number of carbonyl (C=O) groups excluding carboxylic acids is 2. The number of pyridine rings is 1. The Bertz CT molecular complexity index is 871. The monoisotopic (exact) mass is 382 g/mol. The van der Waals surface area contributed by atoms with Gasteiger partial charge in [0.25, 0.3) is 5.91 Å². The van der Waals surface area contributed by atoms with Gasteiger partial charge in [-0.25, -0.2) is 4.98 Å². The second-order valence-electron chi connectivity index (χ2n) is 7.41. The molecule has 7 heteroatoms.